The number of nitrogens with one attached hydrogen (secondary N) is 1. The molecule has 27 heavy (non-hydrogen) atoms. The summed E-state index contributed by atoms with van der Waals surface area (Å²) < 4.78 is 12.7. The number of rotatable bonds is 7. The number of ether oxygens (including phenoxy) is 2. The number of carbonyl (C=O) groups excluding carboxylic acids is 1. The Balaban J connectivity index is 1.66. The fourth-order valence-corrected chi connectivity index (χ4v) is 3.25. The zero-order valence-electron chi connectivity index (χ0n) is 15.6. The van der Waals surface area contributed by atoms with Crippen molar-refractivity contribution in [3.05, 3.63) is 53.9 Å². The molecule has 140 valence electrons. The largest absolute Gasteiger partial charge is 0.493 e. The van der Waals surface area contributed by atoms with Crippen LogP contribution in [0.25, 0.3) is 11.0 Å². The maximum atomic E-state index is 12.4. The molecule has 1 aromatic heterocycles. The van der Waals surface area contributed by atoms with E-state index in [1.165, 1.54) is 0 Å². The van der Waals surface area contributed by atoms with Crippen LogP contribution in [0.1, 0.15) is 24.2 Å². The number of methoxy groups -OCH3 is 2. The molecule has 0 unspecified atom stereocenters. The molecule has 1 amide bonds. The van der Waals surface area contributed by atoms with Gasteiger partial charge < -0.3 is 19.4 Å². The van der Waals surface area contributed by atoms with Crippen LogP contribution in [0.2, 0.25) is 0 Å². The molecule has 6 heteroatoms. The van der Waals surface area contributed by atoms with E-state index in [-0.39, 0.29) is 12.5 Å². The van der Waals surface area contributed by atoms with Crippen molar-refractivity contribution < 1.29 is 14.3 Å². The third-order valence-electron chi connectivity index (χ3n) is 4.79. The van der Waals surface area contributed by atoms with E-state index in [9.17, 15) is 4.79 Å². The van der Waals surface area contributed by atoms with Crippen LogP contribution in [0, 0.1) is 0 Å². The molecule has 0 bridgehead atoms. The summed E-state index contributed by atoms with van der Waals surface area (Å²) in [6, 6.07) is 14.1. The van der Waals surface area contributed by atoms with Gasteiger partial charge in [-0.3, -0.25) is 4.79 Å². The first kappa shape index (κ1) is 17.4. The highest BCUT2D eigenvalue weighted by Crippen LogP contribution is 2.29. The van der Waals surface area contributed by atoms with Crippen LogP contribution >= 0.6 is 0 Å². The lowest BCUT2D eigenvalue weighted by Crippen LogP contribution is -2.29. The predicted octanol–water partition coefficient (Wildman–Crippen LogP) is 2.92. The lowest BCUT2D eigenvalue weighted by molar-refractivity contribution is -0.121. The first-order chi connectivity index (χ1) is 13.2. The smallest absolute Gasteiger partial charge is 0.240 e. The zero-order valence-corrected chi connectivity index (χ0v) is 15.6. The average molecular weight is 365 g/mol. The van der Waals surface area contributed by atoms with Crippen molar-refractivity contribution in [3.8, 4) is 11.5 Å². The van der Waals surface area contributed by atoms with Gasteiger partial charge in [0.2, 0.25) is 5.91 Å². The lowest BCUT2D eigenvalue weighted by atomic mass is 10.1. The molecule has 1 fully saturated rings. The molecule has 0 aliphatic heterocycles. The summed E-state index contributed by atoms with van der Waals surface area (Å²) in [5.74, 6) is 2.27. The highest BCUT2D eigenvalue weighted by atomic mass is 16.5. The Morgan fingerprint density at radius 3 is 2.67 bits per heavy atom. The van der Waals surface area contributed by atoms with Gasteiger partial charge in [0.05, 0.1) is 25.3 Å². The van der Waals surface area contributed by atoms with E-state index in [0.717, 1.165) is 35.3 Å². The molecule has 0 saturated heterocycles. The minimum absolute atomic E-state index is 0.0363. The van der Waals surface area contributed by atoms with Crippen molar-refractivity contribution in [1.29, 1.82) is 0 Å². The minimum Gasteiger partial charge on any atom is -0.493 e. The number of nitrogens with zero attached hydrogens (tertiary/aromatic N) is 2. The van der Waals surface area contributed by atoms with Gasteiger partial charge in [0.25, 0.3) is 0 Å². The van der Waals surface area contributed by atoms with Crippen molar-refractivity contribution >= 4 is 16.9 Å². The molecular weight excluding hydrogens is 342 g/mol. The second-order valence-electron chi connectivity index (χ2n) is 6.81. The summed E-state index contributed by atoms with van der Waals surface area (Å²) in [7, 11) is 3.24. The highest BCUT2D eigenvalue weighted by Gasteiger charge is 2.24. The highest BCUT2D eigenvalue weighted by molar-refractivity contribution is 5.81. The second kappa shape index (κ2) is 7.31. The molecule has 1 aliphatic rings. The molecule has 0 spiro atoms. The molecule has 1 saturated carbocycles. The Kier molecular flexibility index (Phi) is 4.71. The zero-order chi connectivity index (χ0) is 18.8. The number of aromatic nitrogens is 2. The summed E-state index contributed by atoms with van der Waals surface area (Å²) in [6.45, 7) is 0.277. The van der Waals surface area contributed by atoms with Crippen LogP contribution in [-0.4, -0.2) is 35.7 Å². The lowest BCUT2D eigenvalue weighted by Gasteiger charge is -2.12. The van der Waals surface area contributed by atoms with E-state index in [1.807, 2.05) is 47.0 Å². The number of fused-ring (bicyclic) bond motifs is 1. The molecule has 2 aromatic carbocycles. The monoisotopic (exact) mass is 365 g/mol. The first-order valence-electron chi connectivity index (χ1n) is 9.12. The topological polar surface area (TPSA) is 65.4 Å². The van der Waals surface area contributed by atoms with Crippen LogP contribution in [0.3, 0.4) is 0 Å². The molecule has 1 heterocycles. The molecule has 4 rings (SSSR count). The molecule has 0 radical (unpaired) electrons. The molecule has 1 N–H and O–H groups in total. The maximum absolute atomic E-state index is 12.4. The molecule has 6 nitrogen and oxygen atoms in total. The Morgan fingerprint density at radius 2 is 1.93 bits per heavy atom. The Hall–Kier alpha value is -3.02. The third-order valence-corrected chi connectivity index (χ3v) is 4.79. The van der Waals surface area contributed by atoms with Gasteiger partial charge in [-0.25, -0.2) is 4.98 Å². The Bertz CT molecular complexity index is 976. The van der Waals surface area contributed by atoms with Crippen molar-refractivity contribution in [3.63, 3.8) is 0 Å². The van der Waals surface area contributed by atoms with Crippen molar-refractivity contribution in [2.75, 3.05) is 14.2 Å². The maximum Gasteiger partial charge on any atom is 0.240 e. The average Bonchev–Trinajstić information content (AvgIpc) is 3.43. The molecular formula is C21H23N3O3. The molecule has 1 aliphatic carbocycles. The second-order valence-corrected chi connectivity index (χ2v) is 6.81. The number of hydrogen-bond donors (Lipinski definition) is 1. The number of para-hydroxylation sites is 2. The van der Waals surface area contributed by atoms with Gasteiger partial charge >= 0.3 is 0 Å². The number of imidazole rings is 1. The van der Waals surface area contributed by atoms with Crippen LogP contribution in [0.4, 0.5) is 0 Å². The van der Waals surface area contributed by atoms with Crippen molar-refractivity contribution in [1.82, 2.24) is 14.9 Å². The van der Waals surface area contributed by atoms with Crippen LogP contribution in [0.5, 0.6) is 11.5 Å². The number of carbonyl (C=O) groups is 1. The summed E-state index contributed by atoms with van der Waals surface area (Å²) in [5, 5.41) is 3.06. The number of hydrogen-bond acceptors (Lipinski definition) is 4. The third kappa shape index (κ3) is 3.74. The van der Waals surface area contributed by atoms with Gasteiger partial charge in [-0.2, -0.15) is 0 Å². The van der Waals surface area contributed by atoms with Gasteiger partial charge in [0.1, 0.15) is 12.4 Å². The van der Waals surface area contributed by atoms with Gasteiger partial charge in [0, 0.05) is 12.5 Å². The van der Waals surface area contributed by atoms with Gasteiger partial charge in [-0.15, -0.1) is 0 Å². The predicted molar refractivity (Wildman–Crippen MR) is 103 cm³/mol. The SMILES string of the molecule is COc1ccc(Cc2nc3ccccc3n2CC(=O)NC2CC2)cc1OC. The Morgan fingerprint density at radius 1 is 1.15 bits per heavy atom. The van der Waals surface area contributed by atoms with E-state index >= 15 is 0 Å². The summed E-state index contributed by atoms with van der Waals surface area (Å²) in [5.41, 5.74) is 2.91. The van der Waals surface area contributed by atoms with E-state index < -0.39 is 0 Å². The Labute approximate surface area is 158 Å². The van der Waals surface area contributed by atoms with E-state index in [2.05, 4.69) is 5.32 Å². The van der Waals surface area contributed by atoms with Gasteiger partial charge in [-0.05, 0) is 42.7 Å². The fraction of sp³-hybridized carbons (Fsp3) is 0.333. The van der Waals surface area contributed by atoms with E-state index in [4.69, 9.17) is 14.5 Å². The van der Waals surface area contributed by atoms with E-state index in [1.54, 1.807) is 14.2 Å². The quantitative estimate of drug-likeness (QED) is 0.699. The summed E-state index contributed by atoms with van der Waals surface area (Å²) >= 11 is 0. The first-order valence-corrected chi connectivity index (χ1v) is 9.12. The normalized spacial score (nSPS) is 13.6. The van der Waals surface area contributed by atoms with Crippen LogP contribution in [-0.2, 0) is 17.8 Å². The van der Waals surface area contributed by atoms with Crippen molar-refractivity contribution in [2.24, 2.45) is 0 Å². The van der Waals surface area contributed by atoms with Crippen LogP contribution in [0.15, 0.2) is 42.5 Å². The van der Waals surface area contributed by atoms with Crippen LogP contribution < -0.4 is 14.8 Å². The van der Waals surface area contributed by atoms with Gasteiger partial charge in [-0.1, -0.05) is 18.2 Å². The minimum atomic E-state index is 0.0363. The van der Waals surface area contributed by atoms with Crippen molar-refractivity contribution in [2.45, 2.75) is 31.8 Å². The van der Waals surface area contributed by atoms with E-state index in [0.29, 0.717) is 24.0 Å². The number of amides is 1. The number of benzene rings is 2. The standard InChI is InChI=1S/C21H23N3O3/c1-26-18-10-7-14(11-19(18)27-2)12-20-23-16-5-3-4-6-17(16)24(20)13-21(25)22-15-8-9-15/h3-7,10-11,15H,8-9,12-13H2,1-2H3,(H,22,25). The summed E-state index contributed by atoms with van der Waals surface area (Å²) in [6.07, 6.45) is 2.76. The van der Waals surface area contributed by atoms with Gasteiger partial charge in [0.15, 0.2) is 11.5 Å². The molecule has 0 atom stereocenters. The fourth-order valence-electron chi connectivity index (χ4n) is 3.25. The summed E-state index contributed by atoms with van der Waals surface area (Å²) in [4.78, 5) is 17.2. The molecule has 3 aromatic rings.